The quantitative estimate of drug-likeness (QED) is 0.280. The van der Waals surface area contributed by atoms with Gasteiger partial charge in [0.1, 0.15) is 0 Å². The molecule has 1 aromatic rings. The SMILES string of the molecule is CC(C)C(=O)OI(OC(=O)C(C)C)c1c(F)c(F)c(F)c(F)c1F. The fraction of sp³-hybridized carbons (Fsp3) is 0.429. The average molecular weight is 468 g/mol. The van der Waals surface area contributed by atoms with Crippen molar-refractivity contribution in [3.05, 3.63) is 32.7 Å². The molecule has 136 valence electrons. The van der Waals surface area contributed by atoms with Gasteiger partial charge in [0.05, 0.1) is 0 Å². The normalized spacial score (nSPS) is 11.7. The van der Waals surface area contributed by atoms with E-state index < -0.39 is 77.1 Å². The molecule has 0 saturated carbocycles. The first-order valence-corrected chi connectivity index (χ1v) is 9.49. The first kappa shape index (κ1) is 20.6. The molecule has 1 rings (SSSR count). The van der Waals surface area contributed by atoms with Crippen molar-refractivity contribution in [2.45, 2.75) is 27.7 Å². The molecule has 1 aromatic carbocycles. The summed E-state index contributed by atoms with van der Waals surface area (Å²) in [6.45, 7) is 5.55. The Morgan fingerprint density at radius 1 is 0.708 bits per heavy atom. The van der Waals surface area contributed by atoms with Gasteiger partial charge in [-0.1, -0.05) is 0 Å². The Balaban J connectivity index is 3.44. The molecule has 0 radical (unpaired) electrons. The predicted molar refractivity (Wildman–Crippen MR) is 80.8 cm³/mol. The van der Waals surface area contributed by atoms with Crippen LogP contribution in [0.3, 0.4) is 0 Å². The Morgan fingerprint density at radius 2 is 1.00 bits per heavy atom. The van der Waals surface area contributed by atoms with Gasteiger partial charge in [-0.3, -0.25) is 0 Å². The molecule has 24 heavy (non-hydrogen) atoms. The molecular weight excluding hydrogens is 454 g/mol. The van der Waals surface area contributed by atoms with E-state index >= 15 is 0 Å². The first-order chi connectivity index (χ1) is 11.0. The average Bonchev–Trinajstić information content (AvgIpc) is 2.50. The second kappa shape index (κ2) is 8.08. The Hall–Kier alpha value is -1.46. The van der Waals surface area contributed by atoms with Crippen LogP contribution in [-0.4, -0.2) is 11.9 Å². The van der Waals surface area contributed by atoms with Crippen LogP contribution in [0.2, 0.25) is 0 Å². The van der Waals surface area contributed by atoms with Gasteiger partial charge in [0.15, 0.2) is 0 Å². The zero-order valence-corrected chi connectivity index (χ0v) is 15.2. The first-order valence-electron chi connectivity index (χ1n) is 6.65. The summed E-state index contributed by atoms with van der Waals surface area (Å²) >= 11 is -4.28. The van der Waals surface area contributed by atoms with E-state index in [1.54, 1.807) is 0 Å². The van der Waals surface area contributed by atoms with Crippen LogP contribution in [0.15, 0.2) is 0 Å². The summed E-state index contributed by atoms with van der Waals surface area (Å²) in [6, 6.07) is 0. The number of carbonyl (C=O) groups is 2. The Labute approximate surface area is 142 Å². The van der Waals surface area contributed by atoms with E-state index in [1.807, 2.05) is 0 Å². The van der Waals surface area contributed by atoms with Crippen LogP contribution < -0.4 is 0 Å². The number of hydrogen-bond donors (Lipinski definition) is 0. The van der Waals surface area contributed by atoms with E-state index in [4.69, 9.17) is 6.13 Å². The molecule has 10 heteroatoms. The van der Waals surface area contributed by atoms with Crippen molar-refractivity contribution in [2.24, 2.45) is 11.8 Å². The zero-order chi connectivity index (χ0) is 18.8. The third-order valence-corrected chi connectivity index (χ3v) is 6.04. The summed E-state index contributed by atoms with van der Waals surface area (Å²) in [5.74, 6) is -14.6. The van der Waals surface area contributed by atoms with E-state index in [-0.39, 0.29) is 0 Å². The minimum absolute atomic E-state index is 0.760. The molecule has 0 bridgehead atoms. The van der Waals surface area contributed by atoms with E-state index in [0.717, 1.165) is 0 Å². The summed E-state index contributed by atoms with van der Waals surface area (Å²) in [5.41, 5.74) is 0. The van der Waals surface area contributed by atoms with Gasteiger partial charge in [-0.15, -0.1) is 0 Å². The fourth-order valence-electron chi connectivity index (χ4n) is 1.12. The van der Waals surface area contributed by atoms with Crippen LogP contribution >= 0.6 is 20.6 Å². The zero-order valence-electron chi connectivity index (χ0n) is 13.1. The molecule has 0 aromatic heterocycles. The summed E-state index contributed by atoms with van der Waals surface area (Å²) in [4.78, 5) is 23.3. The van der Waals surface area contributed by atoms with Crippen LogP contribution in [0.1, 0.15) is 27.7 Å². The van der Waals surface area contributed by atoms with Crippen molar-refractivity contribution in [3.8, 4) is 0 Å². The summed E-state index contributed by atoms with van der Waals surface area (Å²) in [7, 11) is 0. The molecule has 0 atom stereocenters. The van der Waals surface area contributed by atoms with E-state index in [2.05, 4.69) is 0 Å². The van der Waals surface area contributed by atoms with Crippen LogP contribution in [0.25, 0.3) is 0 Å². The molecule has 0 saturated heterocycles. The summed E-state index contributed by atoms with van der Waals surface area (Å²) < 4.78 is 75.7. The molecule has 0 fully saturated rings. The van der Waals surface area contributed by atoms with Crippen molar-refractivity contribution in [3.63, 3.8) is 0 Å². The molecule has 0 aliphatic rings. The van der Waals surface area contributed by atoms with Gasteiger partial charge in [-0.25, -0.2) is 0 Å². The number of halogens is 6. The van der Waals surface area contributed by atoms with Crippen LogP contribution in [0.4, 0.5) is 22.0 Å². The number of rotatable bonds is 5. The van der Waals surface area contributed by atoms with Crippen molar-refractivity contribution >= 4 is 32.6 Å². The van der Waals surface area contributed by atoms with Crippen LogP contribution in [0.5, 0.6) is 0 Å². The molecule has 0 spiro atoms. The fourth-order valence-corrected chi connectivity index (χ4v) is 4.71. The van der Waals surface area contributed by atoms with Gasteiger partial charge in [0.2, 0.25) is 0 Å². The van der Waals surface area contributed by atoms with Gasteiger partial charge in [-0.05, 0) is 0 Å². The predicted octanol–water partition coefficient (Wildman–Crippen LogP) is 4.29. The van der Waals surface area contributed by atoms with Crippen molar-refractivity contribution in [2.75, 3.05) is 0 Å². The van der Waals surface area contributed by atoms with E-state index in [9.17, 15) is 31.5 Å². The van der Waals surface area contributed by atoms with Gasteiger partial charge in [-0.2, -0.15) is 0 Å². The Bertz CT molecular complexity index is 612. The van der Waals surface area contributed by atoms with Crippen LogP contribution in [0, 0.1) is 44.5 Å². The van der Waals surface area contributed by atoms with Gasteiger partial charge < -0.3 is 0 Å². The molecule has 4 nitrogen and oxygen atoms in total. The second-order valence-electron chi connectivity index (χ2n) is 5.20. The molecule has 0 aliphatic carbocycles. The third kappa shape index (κ3) is 4.33. The number of hydrogen-bond acceptors (Lipinski definition) is 4. The third-order valence-electron chi connectivity index (χ3n) is 2.55. The molecule has 0 unspecified atom stereocenters. The number of carbonyl (C=O) groups excluding carboxylic acids is 2. The maximum absolute atomic E-state index is 13.9. The topological polar surface area (TPSA) is 52.6 Å². The molecule has 0 heterocycles. The summed E-state index contributed by atoms with van der Waals surface area (Å²) in [5, 5.41) is 0. The minimum atomic E-state index is -4.28. The number of benzene rings is 1. The molecule has 0 N–H and O–H groups in total. The van der Waals surface area contributed by atoms with Gasteiger partial charge in [0, 0.05) is 0 Å². The van der Waals surface area contributed by atoms with Gasteiger partial charge in [0.25, 0.3) is 0 Å². The maximum atomic E-state index is 13.9. The van der Waals surface area contributed by atoms with E-state index in [1.165, 1.54) is 27.7 Å². The Morgan fingerprint density at radius 3 is 1.29 bits per heavy atom. The monoisotopic (exact) mass is 468 g/mol. The standard InChI is InChI=1S/C14H14F5IO4/c1-5(2)13(21)23-20(24-14(22)6(3)4)12-10(18)8(16)7(15)9(17)11(12)19/h5-6H,1-4H3. The van der Waals surface area contributed by atoms with E-state index in [0.29, 0.717) is 0 Å². The van der Waals surface area contributed by atoms with Gasteiger partial charge >= 0.3 is 142 Å². The molecule has 0 amide bonds. The van der Waals surface area contributed by atoms with Crippen molar-refractivity contribution < 1.29 is 37.7 Å². The molecule has 0 aliphatic heterocycles. The van der Waals surface area contributed by atoms with Crippen molar-refractivity contribution in [1.29, 1.82) is 0 Å². The van der Waals surface area contributed by atoms with Crippen LogP contribution in [-0.2, 0) is 15.7 Å². The Kier molecular flexibility index (Phi) is 6.93. The summed E-state index contributed by atoms with van der Waals surface area (Å²) in [6.07, 6.45) is 0. The molecular formula is C14H14F5IO4. The van der Waals surface area contributed by atoms with Crippen molar-refractivity contribution in [1.82, 2.24) is 0 Å². The second-order valence-corrected chi connectivity index (χ2v) is 8.40.